The third-order valence-corrected chi connectivity index (χ3v) is 3.66. The number of nitrogens with zero attached hydrogens (tertiary/aromatic N) is 1. The summed E-state index contributed by atoms with van der Waals surface area (Å²) in [6.07, 6.45) is 1.36. The number of carbonyl (C=O) groups is 2. The van der Waals surface area contributed by atoms with Crippen LogP contribution in [-0.4, -0.2) is 35.0 Å². The summed E-state index contributed by atoms with van der Waals surface area (Å²) in [5, 5.41) is 9.05. The van der Waals surface area contributed by atoms with Crippen molar-refractivity contribution in [3.8, 4) is 0 Å². The van der Waals surface area contributed by atoms with Crippen LogP contribution in [0.5, 0.6) is 0 Å². The Labute approximate surface area is 112 Å². The van der Waals surface area contributed by atoms with Crippen molar-refractivity contribution in [3.63, 3.8) is 0 Å². The van der Waals surface area contributed by atoms with Crippen LogP contribution in [0.2, 0.25) is 0 Å². The zero-order valence-electron chi connectivity index (χ0n) is 10.9. The maximum absolute atomic E-state index is 12.4. The van der Waals surface area contributed by atoms with E-state index in [1.807, 2.05) is 0 Å². The van der Waals surface area contributed by atoms with Crippen LogP contribution in [0.25, 0.3) is 0 Å². The number of anilines is 1. The summed E-state index contributed by atoms with van der Waals surface area (Å²) in [6, 6.07) is 5.23. The zero-order valence-corrected chi connectivity index (χ0v) is 10.9. The van der Waals surface area contributed by atoms with E-state index in [1.165, 1.54) is 0 Å². The normalized spacial score (nSPS) is 19.2. The largest absolute Gasteiger partial charge is 0.481 e. The van der Waals surface area contributed by atoms with Crippen molar-refractivity contribution in [2.75, 3.05) is 18.8 Å². The molecule has 0 radical (unpaired) electrons. The number of nitrogens with two attached hydrogens (primary N) is 1. The van der Waals surface area contributed by atoms with Gasteiger partial charge in [0.2, 0.25) is 0 Å². The Balaban J connectivity index is 2.19. The second-order valence-corrected chi connectivity index (χ2v) is 4.95. The zero-order chi connectivity index (χ0) is 14.0. The maximum Gasteiger partial charge on any atom is 0.308 e. The lowest BCUT2D eigenvalue weighted by Gasteiger charge is -2.31. The van der Waals surface area contributed by atoms with E-state index < -0.39 is 11.9 Å². The first-order valence-electron chi connectivity index (χ1n) is 6.38. The average molecular weight is 262 g/mol. The smallest absolute Gasteiger partial charge is 0.308 e. The topological polar surface area (TPSA) is 83.6 Å². The minimum absolute atomic E-state index is 0.129. The molecule has 2 rings (SSSR count). The highest BCUT2D eigenvalue weighted by Crippen LogP contribution is 2.22. The van der Waals surface area contributed by atoms with E-state index in [1.54, 1.807) is 30.0 Å². The van der Waals surface area contributed by atoms with Crippen LogP contribution in [0, 0.1) is 12.8 Å². The Hall–Kier alpha value is -2.04. The summed E-state index contributed by atoms with van der Waals surface area (Å²) in [7, 11) is 0. The summed E-state index contributed by atoms with van der Waals surface area (Å²) in [5.74, 6) is -1.42. The fourth-order valence-corrected chi connectivity index (χ4v) is 2.42. The predicted molar refractivity (Wildman–Crippen MR) is 71.9 cm³/mol. The molecule has 1 saturated heterocycles. The van der Waals surface area contributed by atoms with Gasteiger partial charge in [-0.15, -0.1) is 0 Å². The van der Waals surface area contributed by atoms with Crippen LogP contribution in [-0.2, 0) is 4.79 Å². The SMILES string of the molecule is Cc1c(N)cccc1C(=O)N1CCCC(C(=O)O)C1. The van der Waals surface area contributed by atoms with E-state index >= 15 is 0 Å². The van der Waals surface area contributed by atoms with Gasteiger partial charge in [0.1, 0.15) is 0 Å². The number of likely N-dealkylation sites (tertiary alicyclic amines) is 1. The highest BCUT2D eigenvalue weighted by atomic mass is 16.4. The van der Waals surface area contributed by atoms with Crippen molar-refractivity contribution in [2.24, 2.45) is 5.92 Å². The number of aliphatic carboxylic acids is 1. The number of hydrogen-bond acceptors (Lipinski definition) is 3. The highest BCUT2D eigenvalue weighted by molar-refractivity contribution is 5.97. The summed E-state index contributed by atoms with van der Waals surface area (Å²) in [6.45, 7) is 2.69. The molecule has 0 spiro atoms. The molecule has 19 heavy (non-hydrogen) atoms. The molecule has 1 atom stereocenters. The van der Waals surface area contributed by atoms with Gasteiger partial charge >= 0.3 is 5.97 Å². The molecule has 5 nitrogen and oxygen atoms in total. The molecule has 1 aliphatic rings. The van der Waals surface area contributed by atoms with Crippen LogP contribution in [0.4, 0.5) is 5.69 Å². The summed E-state index contributed by atoms with van der Waals surface area (Å²) in [4.78, 5) is 25.1. The van der Waals surface area contributed by atoms with E-state index in [2.05, 4.69) is 0 Å². The maximum atomic E-state index is 12.4. The van der Waals surface area contributed by atoms with Gasteiger partial charge in [-0.2, -0.15) is 0 Å². The molecular weight excluding hydrogens is 244 g/mol. The molecule has 102 valence electrons. The Morgan fingerprint density at radius 1 is 1.42 bits per heavy atom. The molecule has 1 unspecified atom stereocenters. The minimum Gasteiger partial charge on any atom is -0.481 e. The molecule has 1 aromatic rings. The first-order chi connectivity index (χ1) is 9.00. The fraction of sp³-hybridized carbons (Fsp3) is 0.429. The standard InChI is InChI=1S/C14H18N2O3/c1-9-11(5-2-6-12(9)15)13(17)16-7-3-4-10(8-16)14(18)19/h2,5-6,10H,3-4,7-8,15H2,1H3,(H,18,19). The van der Waals surface area contributed by atoms with Crippen molar-refractivity contribution in [2.45, 2.75) is 19.8 Å². The van der Waals surface area contributed by atoms with Crippen LogP contribution in [0.3, 0.4) is 0 Å². The molecule has 1 aromatic carbocycles. The van der Waals surface area contributed by atoms with Gasteiger partial charge in [0.25, 0.3) is 5.91 Å². The molecule has 1 heterocycles. The van der Waals surface area contributed by atoms with Crippen LogP contribution in [0.1, 0.15) is 28.8 Å². The number of carboxylic acids is 1. The molecule has 0 bridgehead atoms. The van der Waals surface area contributed by atoms with Gasteiger partial charge in [0.05, 0.1) is 5.92 Å². The van der Waals surface area contributed by atoms with Gasteiger partial charge in [-0.25, -0.2) is 0 Å². The van der Waals surface area contributed by atoms with E-state index in [0.29, 0.717) is 24.2 Å². The molecule has 0 saturated carbocycles. The van der Waals surface area contributed by atoms with Gasteiger partial charge < -0.3 is 15.7 Å². The molecule has 1 aliphatic heterocycles. The number of piperidine rings is 1. The number of benzene rings is 1. The number of hydrogen-bond donors (Lipinski definition) is 2. The van der Waals surface area contributed by atoms with E-state index in [-0.39, 0.29) is 12.5 Å². The van der Waals surface area contributed by atoms with Crippen molar-refractivity contribution >= 4 is 17.6 Å². The third kappa shape index (κ3) is 2.70. The number of amides is 1. The summed E-state index contributed by atoms with van der Waals surface area (Å²) >= 11 is 0. The van der Waals surface area contributed by atoms with E-state index in [9.17, 15) is 9.59 Å². The first-order valence-corrected chi connectivity index (χ1v) is 6.38. The number of carboxylic acid groups (broad SMARTS) is 1. The monoisotopic (exact) mass is 262 g/mol. The van der Waals surface area contributed by atoms with Gasteiger partial charge in [-0.05, 0) is 37.5 Å². The lowest BCUT2D eigenvalue weighted by Crippen LogP contribution is -2.42. The lowest BCUT2D eigenvalue weighted by molar-refractivity contribution is -0.143. The van der Waals surface area contributed by atoms with Gasteiger partial charge in [-0.1, -0.05) is 6.07 Å². The molecule has 0 aliphatic carbocycles. The lowest BCUT2D eigenvalue weighted by atomic mass is 9.97. The van der Waals surface area contributed by atoms with Crippen molar-refractivity contribution in [1.82, 2.24) is 4.90 Å². The number of carbonyl (C=O) groups excluding carboxylic acids is 1. The fourth-order valence-electron chi connectivity index (χ4n) is 2.42. The average Bonchev–Trinajstić information content (AvgIpc) is 2.41. The molecule has 1 fully saturated rings. The highest BCUT2D eigenvalue weighted by Gasteiger charge is 2.29. The third-order valence-electron chi connectivity index (χ3n) is 3.66. The molecular formula is C14H18N2O3. The summed E-state index contributed by atoms with van der Waals surface area (Å²) < 4.78 is 0. The predicted octanol–water partition coefficient (Wildman–Crippen LogP) is 1.51. The number of nitrogen functional groups attached to an aromatic ring is 1. The molecule has 5 heteroatoms. The first kappa shape index (κ1) is 13.4. The van der Waals surface area contributed by atoms with Crippen molar-refractivity contribution in [1.29, 1.82) is 0 Å². The van der Waals surface area contributed by atoms with Crippen LogP contribution in [0.15, 0.2) is 18.2 Å². The van der Waals surface area contributed by atoms with E-state index in [4.69, 9.17) is 10.8 Å². The Bertz CT molecular complexity index is 513. The Morgan fingerprint density at radius 3 is 2.84 bits per heavy atom. The second-order valence-electron chi connectivity index (χ2n) is 4.95. The van der Waals surface area contributed by atoms with Gasteiger partial charge in [0.15, 0.2) is 0 Å². The molecule has 3 N–H and O–H groups in total. The van der Waals surface area contributed by atoms with Gasteiger partial charge in [0, 0.05) is 24.3 Å². The Kier molecular flexibility index (Phi) is 3.74. The molecule has 1 amide bonds. The molecule has 0 aromatic heterocycles. The number of rotatable bonds is 2. The van der Waals surface area contributed by atoms with Crippen molar-refractivity contribution < 1.29 is 14.7 Å². The minimum atomic E-state index is -0.832. The quantitative estimate of drug-likeness (QED) is 0.791. The van der Waals surface area contributed by atoms with Gasteiger partial charge in [-0.3, -0.25) is 9.59 Å². The van der Waals surface area contributed by atoms with Crippen molar-refractivity contribution in [3.05, 3.63) is 29.3 Å². The Morgan fingerprint density at radius 2 is 2.16 bits per heavy atom. The second kappa shape index (κ2) is 5.30. The van der Waals surface area contributed by atoms with E-state index in [0.717, 1.165) is 12.0 Å². The van der Waals surface area contributed by atoms with Crippen LogP contribution >= 0.6 is 0 Å². The summed E-state index contributed by atoms with van der Waals surface area (Å²) in [5.41, 5.74) is 7.70. The van der Waals surface area contributed by atoms with Crippen LogP contribution < -0.4 is 5.73 Å².